The highest BCUT2D eigenvalue weighted by Gasteiger charge is 2.20. The third-order valence-corrected chi connectivity index (χ3v) is 3.65. The molecule has 122 valence electrons. The predicted octanol–water partition coefficient (Wildman–Crippen LogP) is 4.13. The van der Waals surface area contributed by atoms with Crippen LogP contribution in [-0.4, -0.2) is 16.6 Å². The van der Waals surface area contributed by atoms with E-state index in [2.05, 4.69) is 15.3 Å². The third kappa shape index (κ3) is 3.22. The summed E-state index contributed by atoms with van der Waals surface area (Å²) in [6, 6.07) is 7.39. The quantitative estimate of drug-likeness (QED) is 0.922. The number of aryl methyl sites for hydroxylation is 1. The molecule has 0 aliphatic carbocycles. The Kier molecular flexibility index (Phi) is 4.20. The number of anilines is 1. The Bertz CT molecular complexity index is 888. The standard InChI is InChI=1S/C18H15F2N3O/c1-10-4-3-5-16(22-10)23-18(24)12-7-14(17(20)15(19)8-12)13-6-11(2)21-9-13/h3-5,7-9H,6H2,1-2H3,(H,22,23,24). The number of aliphatic imine (C=N–C) groups is 1. The normalized spacial score (nSPS) is 13.5. The van der Waals surface area contributed by atoms with E-state index >= 15 is 0 Å². The summed E-state index contributed by atoms with van der Waals surface area (Å²) in [5.41, 5.74) is 2.17. The van der Waals surface area contributed by atoms with Gasteiger partial charge in [-0.15, -0.1) is 0 Å². The lowest BCUT2D eigenvalue weighted by Crippen LogP contribution is -2.14. The second-order valence-electron chi connectivity index (χ2n) is 5.63. The highest BCUT2D eigenvalue weighted by molar-refractivity contribution is 6.05. The molecular formula is C18H15F2N3O. The van der Waals surface area contributed by atoms with E-state index in [1.165, 1.54) is 12.3 Å². The number of hydrogen-bond acceptors (Lipinski definition) is 3. The van der Waals surface area contributed by atoms with E-state index in [1.807, 2.05) is 0 Å². The Morgan fingerprint density at radius 3 is 2.67 bits per heavy atom. The summed E-state index contributed by atoms with van der Waals surface area (Å²) in [4.78, 5) is 20.6. The average molecular weight is 327 g/mol. The molecule has 0 unspecified atom stereocenters. The molecule has 4 nitrogen and oxygen atoms in total. The number of rotatable bonds is 3. The molecule has 0 fully saturated rings. The lowest BCUT2D eigenvalue weighted by atomic mass is 9.99. The molecule has 6 heteroatoms. The zero-order valence-corrected chi connectivity index (χ0v) is 13.2. The van der Waals surface area contributed by atoms with E-state index in [9.17, 15) is 13.6 Å². The van der Waals surface area contributed by atoms with Crippen LogP contribution in [0.3, 0.4) is 0 Å². The first-order valence-corrected chi connectivity index (χ1v) is 7.41. The predicted molar refractivity (Wildman–Crippen MR) is 89.0 cm³/mol. The fourth-order valence-electron chi connectivity index (χ4n) is 2.47. The molecule has 0 atom stereocenters. The zero-order chi connectivity index (χ0) is 17.3. The van der Waals surface area contributed by atoms with Gasteiger partial charge < -0.3 is 5.32 Å². The van der Waals surface area contributed by atoms with Crippen molar-refractivity contribution in [1.29, 1.82) is 0 Å². The van der Waals surface area contributed by atoms with E-state index in [-0.39, 0.29) is 11.1 Å². The molecule has 0 spiro atoms. The molecule has 0 bridgehead atoms. The molecule has 1 N–H and O–H groups in total. The topological polar surface area (TPSA) is 54.4 Å². The van der Waals surface area contributed by atoms with Crippen LogP contribution in [0.5, 0.6) is 0 Å². The maximum Gasteiger partial charge on any atom is 0.256 e. The molecule has 0 saturated carbocycles. The van der Waals surface area contributed by atoms with Gasteiger partial charge >= 0.3 is 0 Å². The average Bonchev–Trinajstić information content (AvgIpc) is 2.96. The monoisotopic (exact) mass is 327 g/mol. The Labute approximate surface area is 138 Å². The second-order valence-corrected chi connectivity index (χ2v) is 5.63. The molecule has 1 aliphatic rings. The number of aromatic nitrogens is 1. The van der Waals surface area contributed by atoms with Crippen molar-refractivity contribution < 1.29 is 13.6 Å². The summed E-state index contributed by atoms with van der Waals surface area (Å²) < 4.78 is 28.0. The van der Waals surface area contributed by atoms with E-state index in [0.29, 0.717) is 17.8 Å². The fraction of sp³-hybridized carbons (Fsp3) is 0.167. The molecule has 24 heavy (non-hydrogen) atoms. The van der Waals surface area contributed by atoms with Gasteiger partial charge in [-0.1, -0.05) is 6.07 Å². The number of nitrogens with one attached hydrogen (secondary N) is 1. The number of allylic oxidation sites excluding steroid dienone is 1. The summed E-state index contributed by atoms with van der Waals surface area (Å²) in [6.45, 7) is 3.60. The summed E-state index contributed by atoms with van der Waals surface area (Å²) in [5, 5.41) is 2.59. The van der Waals surface area contributed by atoms with Crippen LogP contribution in [-0.2, 0) is 0 Å². The molecule has 0 saturated heterocycles. The van der Waals surface area contributed by atoms with Crippen molar-refractivity contribution in [2.75, 3.05) is 5.32 Å². The number of amides is 1. The number of halogens is 2. The van der Waals surface area contributed by atoms with Crippen LogP contribution in [0.15, 0.2) is 41.5 Å². The molecule has 2 heterocycles. The molecular weight excluding hydrogens is 312 g/mol. The molecule has 1 aliphatic heterocycles. The highest BCUT2D eigenvalue weighted by Crippen LogP contribution is 2.28. The Hall–Kier alpha value is -2.89. The van der Waals surface area contributed by atoms with Crippen molar-refractivity contribution in [3.8, 4) is 0 Å². The van der Waals surface area contributed by atoms with Crippen LogP contribution >= 0.6 is 0 Å². The van der Waals surface area contributed by atoms with Gasteiger partial charge in [-0.3, -0.25) is 9.79 Å². The molecule has 1 aromatic heterocycles. The first-order valence-electron chi connectivity index (χ1n) is 7.41. The van der Waals surface area contributed by atoms with Gasteiger partial charge in [-0.05, 0) is 43.7 Å². The van der Waals surface area contributed by atoms with Crippen LogP contribution in [0, 0.1) is 18.6 Å². The Balaban J connectivity index is 1.91. The van der Waals surface area contributed by atoms with Crippen molar-refractivity contribution in [3.05, 3.63) is 65.0 Å². The van der Waals surface area contributed by atoms with Crippen LogP contribution < -0.4 is 5.32 Å². The van der Waals surface area contributed by atoms with E-state index in [0.717, 1.165) is 17.5 Å². The zero-order valence-electron chi connectivity index (χ0n) is 13.2. The number of carbonyl (C=O) groups is 1. The maximum absolute atomic E-state index is 14.1. The molecule has 1 amide bonds. The van der Waals surface area contributed by atoms with Crippen molar-refractivity contribution in [2.45, 2.75) is 20.3 Å². The van der Waals surface area contributed by atoms with Crippen molar-refractivity contribution >= 4 is 23.0 Å². The van der Waals surface area contributed by atoms with E-state index in [1.54, 1.807) is 32.0 Å². The Morgan fingerprint density at radius 2 is 2.00 bits per heavy atom. The van der Waals surface area contributed by atoms with Crippen LogP contribution in [0.25, 0.3) is 5.57 Å². The number of benzene rings is 1. The molecule has 3 rings (SSSR count). The molecule has 1 aromatic carbocycles. The number of pyridine rings is 1. The van der Waals surface area contributed by atoms with Crippen molar-refractivity contribution in [1.82, 2.24) is 4.98 Å². The third-order valence-electron chi connectivity index (χ3n) is 3.65. The number of carbonyl (C=O) groups excluding carboxylic acids is 1. The molecule has 2 aromatic rings. The first-order chi connectivity index (χ1) is 11.4. The largest absolute Gasteiger partial charge is 0.307 e. The summed E-state index contributed by atoms with van der Waals surface area (Å²) in [6.07, 6.45) is 1.93. The minimum absolute atomic E-state index is 0.0256. The van der Waals surface area contributed by atoms with E-state index < -0.39 is 17.5 Å². The summed E-state index contributed by atoms with van der Waals surface area (Å²) in [7, 11) is 0. The van der Waals surface area contributed by atoms with Gasteiger partial charge in [0, 0.05) is 35.2 Å². The first kappa shape index (κ1) is 16.0. The van der Waals surface area contributed by atoms with Gasteiger partial charge in [0.15, 0.2) is 11.6 Å². The number of nitrogens with zero attached hydrogens (tertiary/aromatic N) is 2. The maximum atomic E-state index is 14.1. The lowest BCUT2D eigenvalue weighted by Gasteiger charge is -2.10. The number of hydrogen-bond donors (Lipinski definition) is 1. The lowest BCUT2D eigenvalue weighted by molar-refractivity contribution is 0.102. The Morgan fingerprint density at radius 1 is 1.21 bits per heavy atom. The summed E-state index contributed by atoms with van der Waals surface area (Å²) in [5.74, 6) is -2.24. The van der Waals surface area contributed by atoms with Gasteiger partial charge in [-0.2, -0.15) is 0 Å². The SMILES string of the molecule is CC1=NC=C(c2cc(C(=O)Nc3cccc(C)n3)cc(F)c2F)C1. The smallest absolute Gasteiger partial charge is 0.256 e. The van der Waals surface area contributed by atoms with Gasteiger partial charge in [0.1, 0.15) is 5.82 Å². The van der Waals surface area contributed by atoms with Gasteiger partial charge in [0.05, 0.1) is 0 Å². The van der Waals surface area contributed by atoms with Gasteiger partial charge in [-0.25, -0.2) is 13.8 Å². The van der Waals surface area contributed by atoms with E-state index in [4.69, 9.17) is 0 Å². The van der Waals surface area contributed by atoms with Crippen LogP contribution in [0.2, 0.25) is 0 Å². The van der Waals surface area contributed by atoms with Crippen LogP contribution in [0.1, 0.15) is 35.0 Å². The van der Waals surface area contributed by atoms with Gasteiger partial charge in [0.2, 0.25) is 0 Å². The highest BCUT2D eigenvalue weighted by atomic mass is 19.2. The van der Waals surface area contributed by atoms with Crippen molar-refractivity contribution in [2.24, 2.45) is 4.99 Å². The fourth-order valence-corrected chi connectivity index (χ4v) is 2.47. The van der Waals surface area contributed by atoms with Crippen molar-refractivity contribution in [3.63, 3.8) is 0 Å². The minimum Gasteiger partial charge on any atom is -0.307 e. The second kappa shape index (κ2) is 6.31. The summed E-state index contributed by atoms with van der Waals surface area (Å²) >= 11 is 0. The van der Waals surface area contributed by atoms with Crippen LogP contribution in [0.4, 0.5) is 14.6 Å². The molecule has 0 radical (unpaired) electrons. The van der Waals surface area contributed by atoms with Gasteiger partial charge in [0.25, 0.3) is 5.91 Å². The minimum atomic E-state index is -1.07.